The number of aromatic nitrogens is 1. The number of hydrogen-bond donors (Lipinski definition) is 1. The normalized spacial score (nSPS) is 14.3. The first kappa shape index (κ1) is 19.1. The van der Waals surface area contributed by atoms with E-state index in [2.05, 4.69) is 15.2 Å². The van der Waals surface area contributed by atoms with Gasteiger partial charge in [0.25, 0.3) is 0 Å². The molecule has 1 aliphatic rings. The number of thiazole rings is 1. The summed E-state index contributed by atoms with van der Waals surface area (Å²) in [5.41, 5.74) is 0.560. The lowest BCUT2D eigenvalue weighted by Gasteiger charge is -2.28. The molecule has 0 aliphatic carbocycles. The number of likely N-dealkylation sites (tertiary alicyclic amines) is 1. The molecular formula is C15H21N3O3S3. The second-order valence-electron chi connectivity index (χ2n) is 5.30. The Kier molecular flexibility index (Phi) is 7.44. The molecule has 1 saturated heterocycles. The van der Waals surface area contributed by atoms with Gasteiger partial charge in [-0.2, -0.15) is 0 Å². The predicted molar refractivity (Wildman–Crippen MR) is 102 cm³/mol. The molecule has 24 heavy (non-hydrogen) atoms. The van der Waals surface area contributed by atoms with E-state index in [4.69, 9.17) is 17.0 Å². The van der Waals surface area contributed by atoms with Gasteiger partial charge in [-0.1, -0.05) is 35.3 Å². The van der Waals surface area contributed by atoms with Crippen LogP contribution in [0.1, 0.15) is 41.6 Å². The third-order valence-corrected chi connectivity index (χ3v) is 6.02. The zero-order valence-electron chi connectivity index (χ0n) is 13.8. The average Bonchev–Trinajstić information content (AvgIpc) is 2.94. The first-order valence-electron chi connectivity index (χ1n) is 7.87. The van der Waals surface area contributed by atoms with Crippen molar-refractivity contribution in [3.05, 3.63) is 10.6 Å². The molecule has 1 aromatic rings. The van der Waals surface area contributed by atoms with Gasteiger partial charge in [-0.25, -0.2) is 9.78 Å². The van der Waals surface area contributed by atoms with Crippen molar-refractivity contribution in [1.29, 1.82) is 0 Å². The van der Waals surface area contributed by atoms with Crippen LogP contribution in [0.5, 0.6) is 0 Å². The molecule has 0 bridgehead atoms. The third-order valence-electron chi connectivity index (χ3n) is 3.44. The topological polar surface area (TPSA) is 71.5 Å². The number of anilines is 1. The van der Waals surface area contributed by atoms with Crippen molar-refractivity contribution in [2.24, 2.45) is 0 Å². The fourth-order valence-electron chi connectivity index (χ4n) is 2.29. The highest BCUT2D eigenvalue weighted by Crippen LogP contribution is 2.24. The molecule has 1 aliphatic heterocycles. The average molecular weight is 388 g/mol. The molecular weight excluding hydrogens is 366 g/mol. The molecule has 1 aromatic heterocycles. The van der Waals surface area contributed by atoms with E-state index in [0.717, 1.165) is 41.6 Å². The number of esters is 1. The van der Waals surface area contributed by atoms with E-state index in [1.165, 1.54) is 18.2 Å². The summed E-state index contributed by atoms with van der Waals surface area (Å²) >= 11 is 7.87. The van der Waals surface area contributed by atoms with Crippen LogP contribution in [0.2, 0.25) is 0 Å². The number of aryl methyl sites for hydroxylation is 1. The molecule has 2 rings (SSSR count). The first-order valence-corrected chi connectivity index (χ1v) is 10.1. The van der Waals surface area contributed by atoms with Crippen molar-refractivity contribution in [2.45, 2.75) is 33.1 Å². The largest absolute Gasteiger partial charge is 0.462 e. The van der Waals surface area contributed by atoms with E-state index in [0.29, 0.717) is 22.3 Å². The highest BCUT2D eigenvalue weighted by atomic mass is 32.2. The molecule has 1 fully saturated rings. The van der Waals surface area contributed by atoms with E-state index in [1.54, 1.807) is 13.8 Å². The van der Waals surface area contributed by atoms with Crippen LogP contribution in [0.25, 0.3) is 0 Å². The van der Waals surface area contributed by atoms with E-state index in [1.807, 2.05) is 0 Å². The van der Waals surface area contributed by atoms with Crippen molar-refractivity contribution in [3.8, 4) is 0 Å². The van der Waals surface area contributed by atoms with Crippen LogP contribution in [0, 0.1) is 6.92 Å². The summed E-state index contributed by atoms with van der Waals surface area (Å²) in [6, 6.07) is 0. The number of nitrogens with zero attached hydrogens (tertiary/aromatic N) is 2. The first-order chi connectivity index (χ1) is 11.5. The number of carbonyl (C=O) groups excluding carboxylic acids is 2. The van der Waals surface area contributed by atoms with E-state index in [-0.39, 0.29) is 11.7 Å². The number of carbonyl (C=O) groups is 2. The Hall–Kier alpha value is -1.19. The van der Waals surface area contributed by atoms with Gasteiger partial charge in [-0.05, 0) is 33.1 Å². The Bertz CT molecular complexity index is 612. The van der Waals surface area contributed by atoms with Gasteiger partial charge in [0.1, 0.15) is 9.20 Å². The van der Waals surface area contributed by atoms with Crippen LogP contribution in [0.3, 0.4) is 0 Å². The maximum atomic E-state index is 12.1. The predicted octanol–water partition coefficient (Wildman–Crippen LogP) is 3.07. The second-order valence-corrected chi connectivity index (χ2v) is 7.91. The number of nitrogens with one attached hydrogen (secondary N) is 1. The lowest BCUT2D eigenvalue weighted by atomic mass is 10.1. The van der Waals surface area contributed by atoms with Crippen molar-refractivity contribution in [3.63, 3.8) is 0 Å². The number of thiocarbonyl (C=S) groups is 1. The SMILES string of the molecule is CCOC(=O)c1sc(NC(=O)CSC(=S)N2CCCCC2)nc1C. The Morgan fingerprint density at radius 3 is 2.75 bits per heavy atom. The number of piperidine rings is 1. The molecule has 0 aromatic carbocycles. The molecule has 2 heterocycles. The Morgan fingerprint density at radius 2 is 2.08 bits per heavy atom. The fourth-order valence-corrected chi connectivity index (χ4v) is 4.21. The minimum atomic E-state index is -0.409. The minimum Gasteiger partial charge on any atom is -0.462 e. The van der Waals surface area contributed by atoms with Gasteiger partial charge in [-0.15, -0.1) is 0 Å². The molecule has 1 amide bonds. The molecule has 6 nitrogen and oxygen atoms in total. The molecule has 0 spiro atoms. The van der Waals surface area contributed by atoms with Crippen LogP contribution in [0.4, 0.5) is 5.13 Å². The van der Waals surface area contributed by atoms with Crippen LogP contribution >= 0.6 is 35.3 Å². The van der Waals surface area contributed by atoms with Crippen molar-refractivity contribution in [1.82, 2.24) is 9.88 Å². The Balaban J connectivity index is 1.82. The Labute approximate surface area is 155 Å². The third kappa shape index (κ3) is 5.42. The number of hydrogen-bond acceptors (Lipinski definition) is 7. The molecule has 1 N–H and O–H groups in total. The lowest BCUT2D eigenvalue weighted by Crippen LogP contribution is -2.33. The summed E-state index contributed by atoms with van der Waals surface area (Å²) < 4.78 is 5.74. The number of amides is 1. The maximum Gasteiger partial charge on any atom is 0.350 e. The molecule has 9 heteroatoms. The number of rotatable bonds is 5. The van der Waals surface area contributed by atoms with Crippen LogP contribution in [0.15, 0.2) is 0 Å². The van der Waals surface area contributed by atoms with Gasteiger partial charge in [0, 0.05) is 13.1 Å². The number of ether oxygens (including phenoxy) is 1. The summed E-state index contributed by atoms with van der Waals surface area (Å²) in [4.78, 5) is 30.6. The fraction of sp³-hybridized carbons (Fsp3) is 0.600. The summed E-state index contributed by atoms with van der Waals surface area (Å²) in [7, 11) is 0. The summed E-state index contributed by atoms with van der Waals surface area (Å²) in [5, 5.41) is 3.13. The minimum absolute atomic E-state index is 0.177. The van der Waals surface area contributed by atoms with Gasteiger partial charge >= 0.3 is 5.97 Å². The van der Waals surface area contributed by atoms with E-state index < -0.39 is 5.97 Å². The molecule has 132 valence electrons. The highest BCUT2D eigenvalue weighted by Gasteiger charge is 2.18. The van der Waals surface area contributed by atoms with Crippen molar-refractivity contribution >= 4 is 56.6 Å². The van der Waals surface area contributed by atoms with Gasteiger partial charge in [0.2, 0.25) is 5.91 Å². The molecule has 0 radical (unpaired) electrons. The van der Waals surface area contributed by atoms with Gasteiger partial charge < -0.3 is 15.0 Å². The summed E-state index contributed by atoms with van der Waals surface area (Å²) in [6.45, 7) is 5.73. The monoisotopic (exact) mass is 387 g/mol. The maximum absolute atomic E-state index is 12.1. The van der Waals surface area contributed by atoms with Crippen molar-refractivity contribution < 1.29 is 14.3 Å². The smallest absolute Gasteiger partial charge is 0.350 e. The standard InChI is InChI=1S/C15H21N3O3S3/c1-3-21-13(20)12-10(2)16-14(24-12)17-11(19)9-23-15(22)18-7-5-4-6-8-18/h3-9H2,1-2H3,(H,16,17,19). The zero-order valence-corrected chi connectivity index (χ0v) is 16.2. The molecule has 0 saturated carbocycles. The zero-order chi connectivity index (χ0) is 17.5. The lowest BCUT2D eigenvalue weighted by molar-refractivity contribution is -0.113. The van der Waals surface area contributed by atoms with Gasteiger partial charge in [-0.3, -0.25) is 4.79 Å². The van der Waals surface area contributed by atoms with Crippen molar-refractivity contribution in [2.75, 3.05) is 30.8 Å². The van der Waals surface area contributed by atoms with Crippen LogP contribution in [-0.2, 0) is 9.53 Å². The van der Waals surface area contributed by atoms with Gasteiger partial charge in [0.05, 0.1) is 18.1 Å². The van der Waals surface area contributed by atoms with Crippen LogP contribution < -0.4 is 5.32 Å². The molecule has 0 unspecified atom stereocenters. The quantitative estimate of drug-likeness (QED) is 0.615. The Morgan fingerprint density at radius 1 is 1.38 bits per heavy atom. The highest BCUT2D eigenvalue weighted by molar-refractivity contribution is 8.23. The van der Waals surface area contributed by atoms with Crippen LogP contribution in [-0.4, -0.2) is 51.5 Å². The van der Waals surface area contributed by atoms with E-state index in [9.17, 15) is 9.59 Å². The summed E-state index contributed by atoms with van der Waals surface area (Å²) in [6.07, 6.45) is 3.56. The molecule has 0 atom stereocenters. The second kappa shape index (κ2) is 9.33. The van der Waals surface area contributed by atoms with E-state index >= 15 is 0 Å². The summed E-state index contributed by atoms with van der Waals surface area (Å²) in [5.74, 6) is -0.347. The number of thioether (sulfide) groups is 1. The van der Waals surface area contributed by atoms with Gasteiger partial charge in [0.15, 0.2) is 5.13 Å².